The van der Waals surface area contributed by atoms with Crippen molar-refractivity contribution in [2.24, 2.45) is 5.92 Å². The average Bonchev–Trinajstić information content (AvgIpc) is 2.78. The van der Waals surface area contributed by atoms with Crippen molar-refractivity contribution in [2.75, 3.05) is 13.2 Å². The Kier molecular flexibility index (Phi) is 3.26. The molecule has 1 aromatic heterocycles. The number of aliphatic hydroxyl groups is 1. The summed E-state index contributed by atoms with van der Waals surface area (Å²) in [7, 11) is 0. The van der Waals surface area contributed by atoms with E-state index in [1.54, 1.807) is 0 Å². The molecular weight excluding hydrogens is 212 g/mol. The van der Waals surface area contributed by atoms with Gasteiger partial charge >= 0.3 is 5.97 Å². The van der Waals surface area contributed by atoms with Crippen LogP contribution in [0.1, 0.15) is 35.3 Å². The summed E-state index contributed by atoms with van der Waals surface area (Å²) < 4.78 is 10.3. The number of ether oxygens (including phenoxy) is 1. The maximum atomic E-state index is 10.6. The van der Waals surface area contributed by atoms with E-state index in [1.807, 2.05) is 0 Å². The third kappa shape index (κ3) is 2.25. The first-order chi connectivity index (χ1) is 7.68. The Labute approximate surface area is 92.6 Å². The number of hydrogen-bond donors (Lipinski definition) is 2. The van der Waals surface area contributed by atoms with E-state index in [0.29, 0.717) is 19.0 Å². The normalized spacial score (nSPS) is 19.6. The molecule has 0 aliphatic carbocycles. The molecule has 2 N–H and O–H groups in total. The van der Waals surface area contributed by atoms with E-state index in [9.17, 15) is 9.90 Å². The predicted molar refractivity (Wildman–Crippen MR) is 54.2 cm³/mol. The van der Waals surface area contributed by atoms with Crippen LogP contribution < -0.4 is 0 Å². The van der Waals surface area contributed by atoms with Crippen molar-refractivity contribution < 1.29 is 24.2 Å². The Morgan fingerprint density at radius 1 is 1.38 bits per heavy atom. The number of carboxylic acids is 1. The van der Waals surface area contributed by atoms with Crippen molar-refractivity contribution in [2.45, 2.75) is 18.9 Å². The van der Waals surface area contributed by atoms with Crippen LogP contribution in [0, 0.1) is 5.92 Å². The molecule has 1 atom stereocenters. The molecule has 16 heavy (non-hydrogen) atoms. The summed E-state index contributed by atoms with van der Waals surface area (Å²) in [6.45, 7) is 1.27. The van der Waals surface area contributed by atoms with Crippen LogP contribution in [0.15, 0.2) is 16.5 Å². The van der Waals surface area contributed by atoms with Crippen molar-refractivity contribution in [1.82, 2.24) is 0 Å². The van der Waals surface area contributed by atoms with Crippen molar-refractivity contribution in [3.05, 3.63) is 23.7 Å². The highest BCUT2D eigenvalue weighted by atomic mass is 16.5. The maximum Gasteiger partial charge on any atom is 0.371 e. The minimum Gasteiger partial charge on any atom is -0.475 e. The molecule has 5 heteroatoms. The number of aromatic carboxylic acids is 1. The molecule has 1 saturated heterocycles. The summed E-state index contributed by atoms with van der Waals surface area (Å²) in [6, 6.07) is 2.88. The molecule has 2 heterocycles. The Morgan fingerprint density at radius 3 is 2.62 bits per heavy atom. The molecule has 1 aromatic rings. The van der Waals surface area contributed by atoms with E-state index >= 15 is 0 Å². The second kappa shape index (κ2) is 4.67. The third-order valence-corrected chi connectivity index (χ3v) is 2.84. The van der Waals surface area contributed by atoms with Crippen LogP contribution in [0.25, 0.3) is 0 Å². The molecular formula is C11H14O5. The summed E-state index contributed by atoms with van der Waals surface area (Å²) in [5.74, 6) is -0.850. The molecule has 0 bridgehead atoms. The predicted octanol–water partition coefficient (Wildman–Crippen LogP) is 1.44. The topological polar surface area (TPSA) is 79.9 Å². The molecule has 1 aliphatic heterocycles. The van der Waals surface area contributed by atoms with Crippen LogP contribution in [0.3, 0.4) is 0 Å². The number of aliphatic hydroxyl groups excluding tert-OH is 1. The number of furan rings is 1. The number of carboxylic acid groups (broad SMARTS) is 1. The van der Waals surface area contributed by atoms with E-state index in [-0.39, 0.29) is 11.7 Å². The Bertz CT molecular complexity index is 364. The van der Waals surface area contributed by atoms with Gasteiger partial charge in [-0.05, 0) is 30.9 Å². The number of hydrogen-bond acceptors (Lipinski definition) is 4. The third-order valence-electron chi connectivity index (χ3n) is 2.84. The van der Waals surface area contributed by atoms with Crippen LogP contribution in [0.2, 0.25) is 0 Å². The van der Waals surface area contributed by atoms with E-state index in [0.717, 1.165) is 12.8 Å². The van der Waals surface area contributed by atoms with Gasteiger partial charge in [-0.1, -0.05) is 0 Å². The molecule has 2 rings (SSSR count). The monoisotopic (exact) mass is 226 g/mol. The Balaban J connectivity index is 2.07. The van der Waals surface area contributed by atoms with Gasteiger partial charge in [0.05, 0.1) is 0 Å². The minimum absolute atomic E-state index is 0.0848. The second-order valence-electron chi connectivity index (χ2n) is 3.90. The minimum atomic E-state index is -1.12. The summed E-state index contributed by atoms with van der Waals surface area (Å²) >= 11 is 0. The van der Waals surface area contributed by atoms with E-state index in [4.69, 9.17) is 14.3 Å². The zero-order valence-electron chi connectivity index (χ0n) is 8.76. The molecule has 0 aromatic carbocycles. The average molecular weight is 226 g/mol. The van der Waals surface area contributed by atoms with Gasteiger partial charge in [0.15, 0.2) is 0 Å². The lowest BCUT2D eigenvalue weighted by molar-refractivity contribution is -0.00166. The van der Waals surface area contributed by atoms with Crippen LogP contribution in [0.5, 0.6) is 0 Å². The Hall–Kier alpha value is -1.33. The van der Waals surface area contributed by atoms with E-state index in [1.165, 1.54) is 12.1 Å². The highest BCUT2D eigenvalue weighted by Crippen LogP contribution is 2.30. The first-order valence-electron chi connectivity index (χ1n) is 5.27. The lowest BCUT2D eigenvalue weighted by atomic mass is 9.92. The molecule has 1 aliphatic rings. The summed E-state index contributed by atoms with van der Waals surface area (Å²) in [4.78, 5) is 10.6. The SMILES string of the molecule is O=C(O)c1ccc(C(O)C2CCOCC2)o1. The standard InChI is InChI=1S/C11H14O5/c12-10(7-3-5-15-6-4-7)8-1-2-9(16-8)11(13)14/h1-2,7,10,12H,3-6H2,(H,13,14). The van der Waals surface area contributed by atoms with Crippen LogP contribution >= 0.6 is 0 Å². The van der Waals surface area contributed by atoms with Gasteiger partial charge in [-0.25, -0.2) is 4.79 Å². The van der Waals surface area contributed by atoms with Gasteiger partial charge in [-0.2, -0.15) is 0 Å². The number of rotatable bonds is 3. The van der Waals surface area contributed by atoms with Gasteiger partial charge in [-0.3, -0.25) is 0 Å². The first kappa shape index (κ1) is 11.2. The summed E-state index contributed by atoms with van der Waals surface area (Å²) in [6.07, 6.45) is 0.797. The van der Waals surface area contributed by atoms with Crippen molar-refractivity contribution >= 4 is 5.97 Å². The molecule has 1 fully saturated rings. The summed E-state index contributed by atoms with van der Waals surface area (Å²) in [5, 5.41) is 18.7. The van der Waals surface area contributed by atoms with Crippen LogP contribution in [0.4, 0.5) is 0 Å². The zero-order valence-corrected chi connectivity index (χ0v) is 8.76. The maximum absolute atomic E-state index is 10.6. The molecule has 88 valence electrons. The smallest absolute Gasteiger partial charge is 0.371 e. The quantitative estimate of drug-likeness (QED) is 0.815. The molecule has 5 nitrogen and oxygen atoms in total. The zero-order chi connectivity index (χ0) is 11.5. The Morgan fingerprint density at radius 2 is 2.06 bits per heavy atom. The highest BCUT2D eigenvalue weighted by Gasteiger charge is 2.26. The van der Waals surface area contributed by atoms with E-state index < -0.39 is 12.1 Å². The van der Waals surface area contributed by atoms with Crippen LogP contribution in [-0.4, -0.2) is 29.4 Å². The number of carbonyl (C=O) groups is 1. The highest BCUT2D eigenvalue weighted by molar-refractivity contribution is 5.84. The fraction of sp³-hybridized carbons (Fsp3) is 0.545. The fourth-order valence-corrected chi connectivity index (χ4v) is 1.89. The van der Waals surface area contributed by atoms with Crippen molar-refractivity contribution in [3.63, 3.8) is 0 Å². The fourth-order valence-electron chi connectivity index (χ4n) is 1.89. The van der Waals surface area contributed by atoms with E-state index in [2.05, 4.69) is 0 Å². The summed E-state index contributed by atoms with van der Waals surface area (Å²) in [5.41, 5.74) is 0. The first-order valence-corrected chi connectivity index (χ1v) is 5.27. The van der Waals surface area contributed by atoms with Gasteiger partial charge in [0.25, 0.3) is 0 Å². The van der Waals surface area contributed by atoms with Gasteiger partial charge in [-0.15, -0.1) is 0 Å². The van der Waals surface area contributed by atoms with Crippen molar-refractivity contribution in [1.29, 1.82) is 0 Å². The lowest BCUT2D eigenvalue weighted by Gasteiger charge is -2.25. The molecule has 0 spiro atoms. The van der Waals surface area contributed by atoms with Gasteiger partial charge in [0.2, 0.25) is 5.76 Å². The van der Waals surface area contributed by atoms with Gasteiger partial charge in [0, 0.05) is 13.2 Å². The van der Waals surface area contributed by atoms with Gasteiger partial charge in [0.1, 0.15) is 11.9 Å². The molecule has 0 radical (unpaired) electrons. The van der Waals surface area contributed by atoms with Gasteiger partial charge < -0.3 is 19.4 Å². The lowest BCUT2D eigenvalue weighted by Crippen LogP contribution is -2.21. The second-order valence-corrected chi connectivity index (χ2v) is 3.90. The van der Waals surface area contributed by atoms with Crippen LogP contribution in [-0.2, 0) is 4.74 Å². The molecule has 0 saturated carbocycles. The van der Waals surface area contributed by atoms with Crippen molar-refractivity contribution in [3.8, 4) is 0 Å². The molecule has 0 amide bonds. The largest absolute Gasteiger partial charge is 0.475 e. The molecule has 1 unspecified atom stereocenters.